The van der Waals surface area contributed by atoms with Gasteiger partial charge in [0.1, 0.15) is 5.76 Å². The highest BCUT2D eigenvalue weighted by molar-refractivity contribution is 5.96. The first-order chi connectivity index (χ1) is 15.5. The summed E-state index contributed by atoms with van der Waals surface area (Å²) in [5.41, 5.74) is 0.259. The van der Waals surface area contributed by atoms with Crippen LogP contribution < -0.4 is 0 Å². The van der Waals surface area contributed by atoms with Crippen molar-refractivity contribution in [2.24, 2.45) is 5.41 Å². The first kappa shape index (κ1) is 25.1. The van der Waals surface area contributed by atoms with Crippen LogP contribution in [0.25, 0.3) is 0 Å². The number of halogens is 3. The van der Waals surface area contributed by atoms with Crippen LogP contribution in [0.3, 0.4) is 0 Å². The summed E-state index contributed by atoms with van der Waals surface area (Å²) in [5.74, 6) is -1.84. The molecular weight excluding hydrogens is 443 g/mol. The van der Waals surface area contributed by atoms with Gasteiger partial charge in [0.15, 0.2) is 0 Å². The molecule has 0 aromatic carbocycles. The Hall–Kier alpha value is -2.56. The van der Waals surface area contributed by atoms with Gasteiger partial charge in [0, 0.05) is 32.7 Å². The van der Waals surface area contributed by atoms with Gasteiger partial charge < -0.3 is 24.2 Å². The van der Waals surface area contributed by atoms with E-state index in [0.717, 1.165) is 45.4 Å². The fourth-order valence-electron chi connectivity index (χ4n) is 4.84. The Morgan fingerprint density at radius 1 is 1.09 bits per heavy atom. The molecule has 4 rings (SSSR count). The minimum atomic E-state index is -5.08. The Balaban J connectivity index is 0.000000383. The minimum Gasteiger partial charge on any atom is -0.475 e. The lowest BCUT2D eigenvalue weighted by atomic mass is 9.78. The van der Waals surface area contributed by atoms with Gasteiger partial charge in [-0.15, -0.1) is 0 Å². The molecule has 8 nitrogen and oxygen atoms in total. The topological polar surface area (TPSA) is 94.3 Å². The fraction of sp³-hybridized carbons (Fsp3) is 0.682. The maximum Gasteiger partial charge on any atom is 0.490 e. The molecule has 1 unspecified atom stereocenters. The quantitative estimate of drug-likeness (QED) is 0.723. The summed E-state index contributed by atoms with van der Waals surface area (Å²) in [5, 5.41) is 7.12. The van der Waals surface area contributed by atoms with Crippen molar-refractivity contribution >= 4 is 17.8 Å². The number of likely N-dealkylation sites (tertiary alicyclic amines) is 3. The van der Waals surface area contributed by atoms with Gasteiger partial charge in [0.2, 0.25) is 5.91 Å². The standard InChI is InChI=1S/C20H29N3O3.C2HF3O2/c1-16-17(5-14-26-16)18(24)23-10-4-6-20(15-23)7-11-22(19(20)25)13-12-21-8-2-3-9-21;3-2(4,5)1(6)7/h5,14H,2-4,6-13,15H2,1H3;(H,6,7). The average Bonchev–Trinajstić information content (AvgIpc) is 3.49. The van der Waals surface area contributed by atoms with Crippen LogP contribution in [0.1, 0.15) is 48.2 Å². The molecule has 3 fully saturated rings. The zero-order valence-electron chi connectivity index (χ0n) is 18.7. The Kier molecular flexibility index (Phi) is 7.71. The molecule has 0 radical (unpaired) electrons. The lowest BCUT2D eigenvalue weighted by Gasteiger charge is -2.39. The van der Waals surface area contributed by atoms with Gasteiger partial charge in [-0.1, -0.05) is 0 Å². The number of hydrogen-bond acceptors (Lipinski definition) is 5. The van der Waals surface area contributed by atoms with E-state index < -0.39 is 12.1 Å². The van der Waals surface area contributed by atoms with Crippen LogP contribution >= 0.6 is 0 Å². The number of carboxylic acids is 1. The van der Waals surface area contributed by atoms with Gasteiger partial charge >= 0.3 is 12.1 Å². The number of carbonyl (C=O) groups excluding carboxylic acids is 2. The van der Waals surface area contributed by atoms with Crippen LogP contribution in [-0.2, 0) is 9.59 Å². The van der Waals surface area contributed by atoms with Crippen molar-refractivity contribution in [3.05, 3.63) is 23.7 Å². The smallest absolute Gasteiger partial charge is 0.475 e. The number of furan rings is 1. The number of piperidine rings is 1. The molecule has 1 spiro atoms. The van der Waals surface area contributed by atoms with Gasteiger partial charge in [-0.25, -0.2) is 4.79 Å². The van der Waals surface area contributed by atoms with Crippen molar-refractivity contribution in [1.82, 2.24) is 14.7 Å². The molecule has 3 aliphatic heterocycles. The highest BCUT2D eigenvalue weighted by Gasteiger charge is 2.49. The molecule has 1 atom stereocenters. The molecule has 1 aromatic heterocycles. The first-order valence-electron chi connectivity index (χ1n) is 11.2. The second-order valence-electron chi connectivity index (χ2n) is 8.89. The number of alkyl halides is 3. The second-order valence-corrected chi connectivity index (χ2v) is 8.89. The third-order valence-corrected chi connectivity index (χ3v) is 6.68. The van der Waals surface area contributed by atoms with Gasteiger partial charge in [-0.05, 0) is 58.2 Å². The minimum absolute atomic E-state index is 0.00126. The molecule has 1 aromatic rings. The lowest BCUT2D eigenvalue weighted by Crippen LogP contribution is -2.50. The van der Waals surface area contributed by atoms with Gasteiger partial charge in [-0.2, -0.15) is 13.2 Å². The van der Waals surface area contributed by atoms with E-state index in [2.05, 4.69) is 4.90 Å². The van der Waals surface area contributed by atoms with E-state index in [9.17, 15) is 22.8 Å². The van der Waals surface area contributed by atoms with Crippen LogP contribution in [-0.4, -0.2) is 89.6 Å². The van der Waals surface area contributed by atoms with Crippen LogP contribution in [0, 0.1) is 12.3 Å². The number of carbonyl (C=O) groups is 3. The summed E-state index contributed by atoms with van der Waals surface area (Å²) in [4.78, 5) is 41.3. The molecule has 1 N–H and O–H groups in total. The number of hydrogen-bond donors (Lipinski definition) is 1. The summed E-state index contributed by atoms with van der Waals surface area (Å²) in [6, 6.07) is 1.73. The van der Waals surface area contributed by atoms with E-state index in [1.165, 1.54) is 25.9 Å². The average molecular weight is 473 g/mol. The van der Waals surface area contributed by atoms with Gasteiger partial charge in [0.25, 0.3) is 5.91 Å². The summed E-state index contributed by atoms with van der Waals surface area (Å²) in [7, 11) is 0. The molecule has 0 bridgehead atoms. The predicted molar refractivity (Wildman–Crippen MR) is 112 cm³/mol. The van der Waals surface area contributed by atoms with Crippen molar-refractivity contribution in [2.75, 3.05) is 45.8 Å². The largest absolute Gasteiger partial charge is 0.490 e. The van der Waals surface area contributed by atoms with Crippen LogP contribution in [0.2, 0.25) is 0 Å². The zero-order valence-corrected chi connectivity index (χ0v) is 18.7. The fourth-order valence-corrected chi connectivity index (χ4v) is 4.84. The van der Waals surface area contributed by atoms with E-state index in [1.807, 2.05) is 16.7 Å². The maximum absolute atomic E-state index is 13.2. The van der Waals surface area contributed by atoms with E-state index in [1.54, 1.807) is 12.3 Å². The number of aliphatic carboxylic acids is 1. The maximum atomic E-state index is 13.2. The van der Waals surface area contributed by atoms with E-state index in [-0.39, 0.29) is 17.2 Å². The highest BCUT2D eigenvalue weighted by Crippen LogP contribution is 2.40. The van der Waals surface area contributed by atoms with E-state index in [4.69, 9.17) is 14.3 Å². The van der Waals surface area contributed by atoms with Crippen molar-refractivity contribution in [2.45, 2.75) is 45.2 Å². The molecular formula is C22H30F3N3O5. The summed E-state index contributed by atoms with van der Waals surface area (Å²) < 4.78 is 37.0. The molecule has 0 aliphatic carbocycles. The summed E-state index contributed by atoms with van der Waals surface area (Å²) in [6.45, 7) is 8.07. The number of nitrogens with zero attached hydrogens (tertiary/aromatic N) is 3. The van der Waals surface area contributed by atoms with Crippen LogP contribution in [0.4, 0.5) is 13.2 Å². The Morgan fingerprint density at radius 2 is 1.76 bits per heavy atom. The Morgan fingerprint density at radius 3 is 2.33 bits per heavy atom. The molecule has 4 heterocycles. The van der Waals surface area contributed by atoms with Crippen LogP contribution in [0.15, 0.2) is 16.7 Å². The first-order valence-corrected chi connectivity index (χ1v) is 11.2. The Labute approximate surface area is 190 Å². The molecule has 33 heavy (non-hydrogen) atoms. The SMILES string of the molecule is Cc1occc1C(=O)N1CCCC2(CCN(CCN3CCCC3)C2=O)C1.O=C(O)C(F)(F)F. The zero-order chi connectivity index (χ0) is 24.2. The molecule has 3 saturated heterocycles. The third kappa shape index (κ3) is 5.87. The molecule has 3 aliphatic rings. The van der Waals surface area contributed by atoms with E-state index >= 15 is 0 Å². The van der Waals surface area contributed by atoms with Crippen molar-refractivity contribution in [1.29, 1.82) is 0 Å². The van der Waals surface area contributed by atoms with Crippen molar-refractivity contribution in [3.63, 3.8) is 0 Å². The predicted octanol–water partition coefficient (Wildman–Crippen LogP) is 2.77. The second kappa shape index (κ2) is 10.1. The number of carboxylic acid groups (broad SMARTS) is 1. The molecule has 2 amide bonds. The number of amides is 2. The van der Waals surface area contributed by atoms with Crippen molar-refractivity contribution in [3.8, 4) is 0 Å². The number of rotatable bonds is 4. The van der Waals surface area contributed by atoms with Gasteiger partial charge in [-0.3, -0.25) is 9.59 Å². The monoisotopic (exact) mass is 473 g/mol. The number of aryl methyl sites for hydroxylation is 1. The third-order valence-electron chi connectivity index (χ3n) is 6.68. The highest BCUT2D eigenvalue weighted by atomic mass is 19.4. The van der Waals surface area contributed by atoms with Crippen LogP contribution in [0.5, 0.6) is 0 Å². The lowest BCUT2D eigenvalue weighted by molar-refractivity contribution is -0.192. The van der Waals surface area contributed by atoms with Crippen molar-refractivity contribution < 1.29 is 37.1 Å². The molecule has 0 saturated carbocycles. The summed E-state index contributed by atoms with van der Waals surface area (Å²) in [6.07, 6.45) is 1.71. The summed E-state index contributed by atoms with van der Waals surface area (Å²) >= 11 is 0. The van der Waals surface area contributed by atoms with Gasteiger partial charge in [0.05, 0.1) is 17.2 Å². The molecule has 184 valence electrons. The molecule has 11 heteroatoms. The van der Waals surface area contributed by atoms with E-state index in [0.29, 0.717) is 17.9 Å². The normalized spacial score (nSPS) is 23.7. The Bertz CT molecular complexity index is 866.